The van der Waals surface area contributed by atoms with E-state index in [1.807, 2.05) is 42.7 Å². The molecule has 2 nitrogen and oxygen atoms in total. The summed E-state index contributed by atoms with van der Waals surface area (Å²) in [5.41, 5.74) is 3.10. The minimum Gasteiger partial charge on any atom is -0.295 e. The van der Waals surface area contributed by atoms with Gasteiger partial charge in [-0.05, 0) is 43.7 Å². The third-order valence-electron chi connectivity index (χ3n) is 3.43. The molecule has 0 spiro atoms. The van der Waals surface area contributed by atoms with Gasteiger partial charge in [-0.25, -0.2) is 9.37 Å². The number of alkyl halides is 1. The summed E-state index contributed by atoms with van der Waals surface area (Å²) in [6, 6.07) is 10.9. The van der Waals surface area contributed by atoms with Crippen molar-refractivity contribution in [3.05, 3.63) is 58.1 Å². The lowest BCUT2D eigenvalue weighted by molar-refractivity contribution is 0.637. The number of imidazole rings is 1. The predicted octanol–water partition coefficient (Wildman–Crippen LogP) is 5.54. The zero-order chi connectivity index (χ0) is 15.1. The van der Waals surface area contributed by atoms with Crippen LogP contribution in [0.2, 0.25) is 0 Å². The minimum atomic E-state index is -0.337. The maximum Gasteiger partial charge on any atom is 0.151 e. The molecule has 0 saturated heterocycles. The molecule has 5 heteroatoms. The van der Waals surface area contributed by atoms with Gasteiger partial charge >= 0.3 is 0 Å². The average Bonchev–Trinajstić information content (AvgIpc) is 2.83. The largest absolute Gasteiger partial charge is 0.295 e. The van der Waals surface area contributed by atoms with E-state index in [-0.39, 0.29) is 11.2 Å². The second-order valence-corrected chi connectivity index (χ2v) is 6.47. The number of benzene rings is 2. The highest BCUT2D eigenvalue weighted by molar-refractivity contribution is 9.10. The van der Waals surface area contributed by atoms with Gasteiger partial charge in [-0.2, -0.15) is 0 Å². The van der Waals surface area contributed by atoms with Crippen LogP contribution in [-0.4, -0.2) is 9.55 Å². The maximum absolute atomic E-state index is 14.0. The van der Waals surface area contributed by atoms with E-state index in [9.17, 15) is 4.39 Å². The van der Waals surface area contributed by atoms with E-state index in [1.54, 1.807) is 6.07 Å². The summed E-state index contributed by atoms with van der Waals surface area (Å²) in [6.45, 7) is 3.85. The summed E-state index contributed by atoms with van der Waals surface area (Å²) in [7, 11) is 0. The second-order valence-electron chi connectivity index (χ2n) is 4.96. The molecule has 3 rings (SSSR count). The molecule has 0 bridgehead atoms. The van der Waals surface area contributed by atoms with Gasteiger partial charge in [-0.3, -0.25) is 4.57 Å². The number of hydrogen-bond acceptors (Lipinski definition) is 1. The van der Waals surface area contributed by atoms with Crippen LogP contribution in [0.15, 0.2) is 40.9 Å². The van der Waals surface area contributed by atoms with Crippen molar-refractivity contribution in [3.8, 4) is 5.69 Å². The Balaban J connectivity index is 2.36. The standard InChI is InChI=1S/C16H13BrClFN2/c1-9-6-7-11(8-12(9)17)21-14-5-3-4-13(19)15(14)20-16(21)10(2)18/h3-8,10H,1-2H3. The van der Waals surface area contributed by atoms with Crippen LogP contribution in [0.25, 0.3) is 16.7 Å². The molecule has 0 aliphatic heterocycles. The average molecular weight is 368 g/mol. The topological polar surface area (TPSA) is 17.8 Å². The first-order chi connectivity index (χ1) is 9.99. The van der Waals surface area contributed by atoms with Gasteiger partial charge in [0.05, 0.1) is 10.9 Å². The van der Waals surface area contributed by atoms with Gasteiger partial charge in [0.25, 0.3) is 0 Å². The lowest BCUT2D eigenvalue weighted by Gasteiger charge is -2.12. The fourth-order valence-electron chi connectivity index (χ4n) is 2.34. The molecule has 0 aliphatic rings. The Morgan fingerprint density at radius 2 is 2.05 bits per heavy atom. The number of hydrogen-bond donors (Lipinski definition) is 0. The molecule has 108 valence electrons. The van der Waals surface area contributed by atoms with Crippen LogP contribution in [0.1, 0.15) is 23.7 Å². The number of rotatable bonds is 2. The molecule has 1 atom stereocenters. The Labute approximate surface area is 135 Å². The van der Waals surface area contributed by atoms with E-state index < -0.39 is 0 Å². The van der Waals surface area contributed by atoms with Crippen LogP contribution in [0.3, 0.4) is 0 Å². The van der Waals surface area contributed by atoms with Gasteiger partial charge in [0, 0.05) is 10.2 Å². The molecule has 0 aliphatic carbocycles. The van der Waals surface area contributed by atoms with Crippen molar-refractivity contribution >= 4 is 38.6 Å². The van der Waals surface area contributed by atoms with E-state index in [2.05, 4.69) is 20.9 Å². The number of nitrogens with zero attached hydrogens (tertiary/aromatic N) is 2. The third kappa shape index (κ3) is 2.47. The normalized spacial score (nSPS) is 12.8. The Morgan fingerprint density at radius 3 is 2.71 bits per heavy atom. The Morgan fingerprint density at radius 1 is 1.29 bits per heavy atom. The van der Waals surface area contributed by atoms with E-state index in [1.165, 1.54) is 6.07 Å². The molecule has 1 unspecified atom stereocenters. The van der Waals surface area contributed by atoms with Gasteiger partial charge in [0.2, 0.25) is 0 Å². The van der Waals surface area contributed by atoms with Gasteiger partial charge in [-0.1, -0.05) is 28.1 Å². The lowest BCUT2D eigenvalue weighted by atomic mass is 10.2. The van der Waals surface area contributed by atoms with Crippen LogP contribution in [0.4, 0.5) is 4.39 Å². The van der Waals surface area contributed by atoms with Gasteiger partial charge < -0.3 is 0 Å². The number of halogens is 3. The summed E-state index contributed by atoms with van der Waals surface area (Å²) in [5, 5.41) is -0.322. The highest BCUT2D eigenvalue weighted by Gasteiger charge is 2.18. The minimum absolute atomic E-state index is 0.322. The van der Waals surface area contributed by atoms with E-state index in [0.717, 1.165) is 15.7 Å². The maximum atomic E-state index is 14.0. The molecular weight excluding hydrogens is 355 g/mol. The van der Waals surface area contributed by atoms with Crippen LogP contribution < -0.4 is 0 Å². The second kappa shape index (κ2) is 5.43. The molecule has 3 aromatic rings. The fourth-order valence-corrected chi connectivity index (χ4v) is 2.86. The van der Waals surface area contributed by atoms with Gasteiger partial charge in [0.1, 0.15) is 11.3 Å². The number of aromatic nitrogens is 2. The predicted molar refractivity (Wildman–Crippen MR) is 87.7 cm³/mol. The molecule has 21 heavy (non-hydrogen) atoms. The van der Waals surface area contributed by atoms with Crippen molar-refractivity contribution in [2.45, 2.75) is 19.2 Å². The molecule has 0 saturated carbocycles. The van der Waals surface area contributed by atoms with Crippen LogP contribution in [0, 0.1) is 12.7 Å². The summed E-state index contributed by atoms with van der Waals surface area (Å²) < 4.78 is 16.9. The van der Waals surface area contributed by atoms with Gasteiger partial charge in [-0.15, -0.1) is 11.6 Å². The molecule has 0 amide bonds. The Kier molecular flexibility index (Phi) is 3.76. The van der Waals surface area contributed by atoms with Crippen LogP contribution >= 0.6 is 27.5 Å². The smallest absolute Gasteiger partial charge is 0.151 e. The van der Waals surface area contributed by atoms with E-state index in [4.69, 9.17) is 11.6 Å². The molecule has 2 aromatic carbocycles. The monoisotopic (exact) mass is 366 g/mol. The number of para-hydroxylation sites is 1. The van der Waals surface area contributed by atoms with Crippen molar-refractivity contribution in [2.24, 2.45) is 0 Å². The molecular formula is C16H13BrClFN2. The molecule has 0 N–H and O–H groups in total. The van der Waals surface area contributed by atoms with Crippen LogP contribution in [0.5, 0.6) is 0 Å². The number of fused-ring (bicyclic) bond motifs is 1. The van der Waals surface area contributed by atoms with Crippen molar-refractivity contribution in [2.75, 3.05) is 0 Å². The lowest BCUT2D eigenvalue weighted by Crippen LogP contribution is -2.02. The number of aryl methyl sites for hydroxylation is 1. The summed E-state index contributed by atoms with van der Waals surface area (Å²) >= 11 is 9.77. The zero-order valence-corrected chi connectivity index (χ0v) is 13.9. The van der Waals surface area contributed by atoms with Crippen LogP contribution in [-0.2, 0) is 0 Å². The highest BCUT2D eigenvalue weighted by Crippen LogP contribution is 2.30. The quantitative estimate of drug-likeness (QED) is 0.544. The fraction of sp³-hybridized carbons (Fsp3) is 0.188. The van der Waals surface area contributed by atoms with E-state index in [0.29, 0.717) is 16.9 Å². The van der Waals surface area contributed by atoms with Crippen molar-refractivity contribution in [1.29, 1.82) is 0 Å². The SMILES string of the molecule is Cc1ccc(-n2c(C(C)Cl)nc3c(F)cccc32)cc1Br. The van der Waals surface area contributed by atoms with Crippen molar-refractivity contribution < 1.29 is 4.39 Å². The summed E-state index contributed by atoms with van der Waals surface area (Å²) in [6.07, 6.45) is 0. The first-order valence-electron chi connectivity index (χ1n) is 6.56. The van der Waals surface area contributed by atoms with E-state index >= 15 is 0 Å². The third-order valence-corrected chi connectivity index (χ3v) is 4.48. The van der Waals surface area contributed by atoms with Gasteiger partial charge in [0.15, 0.2) is 5.82 Å². The summed E-state index contributed by atoms with van der Waals surface area (Å²) in [4.78, 5) is 4.38. The molecule has 0 radical (unpaired) electrons. The first-order valence-corrected chi connectivity index (χ1v) is 7.79. The van der Waals surface area contributed by atoms with Crippen molar-refractivity contribution in [1.82, 2.24) is 9.55 Å². The van der Waals surface area contributed by atoms with Crippen molar-refractivity contribution in [3.63, 3.8) is 0 Å². The summed E-state index contributed by atoms with van der Waals surface area (Å²) in [5.74, 6) is 0.295. The highest BCUT2D eigenvalue weighted by atomic mass is 79.9. The molecule has 0 fully saturated rings. The first kappa shape index (κ1) is 14.5. The molecule has 1 heterocycles. The molecule has 1 aromatic heterocycles. The zero-order valence-electron chi connectivity index (χ0n) is 11.6. The Hall–Kier alpha value is -1.39. The Bertz CT molecular complexity index is 827.